The van der Waals surface area contributed by atoms with Crippen LogP contribution in [-0.2, 0) is 13.5 Å². The van der Waals surface area contributed by atoms with E-state index in [1.54, 1.807) is 6.20 Å². The molecule has 1 heterocycles. The fourth-order valence-electron chi connectivity index (χ4n) is 1.30. The molecule has 0 saturated heterocycles. The van der Waals surface area contributed by atoms with Crippen LogP contribution in [0.4, 0.5) is 0 Å². The van der Waals surface area contributed by atoms with Gasteiger partial charge in [0.1, 0.15) is 0 Å². The highest BCUT2D eigenvalue weighted by Gasteiger charge is 1.97. The molecule has 0 aliphatic carbocycles. The molecule has 0 bridgehead atoms. The zero-order chi connectivity index (χ0) is 10.4. The Kier molecular flexibility index (Phi) is 4.16. The molecular formula is C10H18N4. The van der Waals surface area contributed by atoms with Gasteiger partial charge in [-0.1, -0.05) is 6.92 Å². The third kappa shape index (κ3) is 3.20. The molecule has 0 aromatic carbocycles. The van der Waals surface area contributed by atoms with E-state index in [2.05, 4.69) is 17.0 Å². The Labute approximate surface area is 84.8 Å². The summed E-state index contributed by atoms with van der Waals surface area (Å²) in [6.45, 7) is 2.86. The van der Waals surface area contributed by atoms with E-state index in [0.717, 1.165) is 31.6 Å². The van der Waals surface area contributed by atoms with Crippen molar-refractivity contribution in [3.8, 4) is 0 Å². The van der Waals surface area contributed by atoms with E-state index in [1.165, 1.54) is 5.69 Å². The number of hydrogen-bond acceptors (Lipinski definition) is 2. The van der Waals surface area contributed by atoms with Crippen LogP contribution in [0.25, 0.3) is 0 Å². The van der Waals surface area contributed by atoms with E-state index < -0.39 is 0 Å². The molecule has 1 aromatic heterocycles. The monoisotopic (exact) mass is 194 g/mol. The van der Waals surface area contributed by atoms with Crippen LogP contribution in [0.5, 0.6) is 0 Å². The van der Waals surface area contributed by atoms with Crippen molar-refractivity contribution in [1.29, 1.82) is 0 Å². The molecule has 1 aromatic rings. The predicted octanol–water partition coefficient (Wildman–Crippen LogP) is 1.12. The maximum absolute atomic E-state index is 5.69. The molecule has 2 N–H and O–H groups in total. The standard InChI is InChI=1S/C10H18N4/c1-3-4-10(11)12-7-5-9-6-8-13-14(9)2/h6,8H,3-5,7H2,1-2H3,(H2,11,12). The van der Waals surface area contributed by atoms with Crippen molar-refractivity contribution >= 4 is 5.84 Å². The molecule has 0 aliphatic rings. The lowest BCUT2D eigenvalue weighted by Crippen LogP contribution is -2.12. The van der Waals surface area contributed by atoms with Crippen molar-refractivity contribution in [3.63, 3.8) is 0 Å². The second-order valence-electron chi connectivity index (χ2n) is 3.32. The van der Waals surface area contributed by atoms with E-state index in [-0.39, 0.29) is 0 Å². The Hall–Kier alpha value is -1.32. The first-order valence-electron chi connectivity index (χ1n) is 4.99. The van der Waals surface area contributed by atoms with Gasteiger partial charge in [0.2, 0.25) is 0 Å². The van der Waals surface area contributed by atoms with Gasteiger partial charge >= 0.3 is 0 Å². The van der Waals surface area contributed by atoms with Crippen molar-refractivity contribution in [2.75, 3.05) is 6.54 Å². The third-order valence-corrected chi connectivity index (χ3v) is 2.11. The van der Waals surface area contributed by atoms with Crippen molar-refractivity contribution in [2.24, 2.45) is 17.8 Å². The lowest BCUT2D eigenvalue weighted by molar-refractivity contribution is 0.706. The number of aliphatic imine (C=N–C) groups is 1. The maximum Gasteiger partial charge on any atom is 0.0937 e. The highest BCUT2D eigenvalue weighted by molar-refractivity contribution is 5.80. The van der Waals surface area contributed by atoms with Gasteiger partial charge in [-0.15, -0.1) is 0 Å². The summed E-state index contributed by atoms with van der Waals surface area (Å²) in [4.78, 5) is 4.28. The van der Waals surface area contributed by atoms with Gasteiger partial charge in [0.15, 0.2) is 0 Å². The van der Waals surface area contributed by atoms with Crippen LogP contribution in [0.3, 0.4) is 0 Å². The summed E-state index contributed by atoms with van der Waals surface area (Å²) in [5.74, 6) is 0.759. The van der Waals surface area contributed by atoms with E-state index in [0.29, 0.717) is 0 Å². The van der Waals surface area contributed by atoms with Crippen LogP contribution in [0.2, 0.25) is 0 Å². The minimum atomic E-state index is 0.755. The number of rotatable bonds is 5. The first-order chi connectivity index (χ1) is 6.74. The molecular weight excluding hydrogens is 176 g/mol. The molecule has 0 fully saturated rings. The Balaban J connectivity index is 2.35. The number of nitrogens with zero attached hydrogens (tertiary/aromatic N) is 3. The largest absolute Gasteiger partial charge is 0.387 e. The summed E-state index contributed by atoms with van der Waals surface area (Å²) in [6.07, 6.45) is 4.65. The van der Waals surface area contributed by atoms with Crippen molar-refractivity contribution in [2.45, 2.75) is 26.2 Å². The molecule has 0 aliphatic heterocycles. The first-order valence-corrected chi connectivity index (χ1v) is 4.99. The number of hydrogen-bond donors (Lipinski definition) is 1. The third-order valence-electron chi connectivity index (χ3n) is 2.11. The molecule has 0 spiro atoms. The van der Waals surface area contributed by atoms with Crippen LogP contribution in [0, 0.1) is 0 Å². The number of aryl methyl sites for hydroxylation is 1. The molecule has 0 atom stereocenters. The molecule has 0 radical (unpaired) electrons. The molecule has 0 unspecified atom stereocenters. The molecule has 78 valence electrons. The molecule has 0 saturated carbocycles. The highest BCUT2D eigenvalue weighted by Crippen LogP contribution is 1.97. The number of nitrogens with two attached hydrogens (primary N) is 1. The van der Waals surface area contributed by atoms with Crippen LogP contribution in [0.15, 0.2) is 17.3 Å². The number of amidine groups is 1. The van der Waals surface area contributed by atoms with Gasteiger partial charge in [-0.3, -0.25) is 9.67 Å². The maximum atomic E-state index is 5.69. The summed E-state index contributed by atoms with van der Waals surface area (Å²) in [5.41, 5.74) is 6.88. The second-order valence-corrected chi connectivity index (χ2v) is 3.32. The minimum Gasteiger partial charge on any atom is -0.387 e. The van der Waals surface area contributed by atoms with Gasteiger partial charge in [-0.05, 0) is 12.5 Å². The van der Waals surface area contributed by atoms with Crippen molar-refractivity contribution < 1.29 is 0 Å². The zero-order valence-corrected chi connectivity index (χ0v) is 8.90. The van der Waals surface area contributed by atoms with Gasteiger partial charge < -0.3 is 5.73 Å². The van der Waals surface area contributed by atoms with Gasteiger partial charge in [-0.25, -0.2) is 0 Å². The molecule has 0 amide bonds. The van der Waals surface area contributed by atoms with Crippen LogP contribution >= 0.6 is 0 Å². The smallest absolute Gasteiger partial charge is 0.0937 e. The quantitative estimate of drug-likeness (QED) is 0.564. The topological polar surface area (TPSA) is 56.2 Å². The first kappa shape index (κ1) is 10.8. The summed E-state index contributed by atoms with van der Waals surface area (Å²) in [5, 5.41) is 4.09. The molecule has 4 heteroatoms. The molecule has 1 rings (SSSR count). The lowest BCUT2D eigenvalue weighted by Gasteiger charge is -2.00. The highest BCUT2D eigenvalue weighted by atomic mass is 15.3. The average Bonchev–Trinajstić information content (AvgIpc) is 2.52. The van der Waals surface area contributed by atoms with E-state index in [4.69, 9.17) is 5.73 Å². The summed E-state index contributed by atoms with van der Waals surface area (Å²) < 4.78 is 1.87. The minimum absolute atomic E-state index is 0.755. The summed E-state index contributed by atoms with van der Waals surface area (Å²) in [6, 6.07) is 2.01. The lowest BCUT2D eigenvalue weighted by atomic mass is 10.3. The summed E-state index contributed by atoms with van der Waals surface area (Å²) in [7, 11) is 1.94. The van der Waals surface area contributed by atoms with Crippen LogP contribution in [0.1, 0.15) is 25.5 Å². The Bertz CT molecular complexity index is 301. The van der Waals surface area contributed by atoms with E-state index in [9.17, 15) is 0 Å². The number of aromatic nitrogens is 2. The average molecular weight is 194 g/mol. The predicted molar refractivity (Wildman–Crippen MR) is 58.3 cm³/mol. The normalized spacial score (nSPS) is 12.0. The molecule has 4 nitrogen and oxygen atoms in total. The SMILES string of the molecule is CCCC(N)=NCCc1ccnn1C. The van der Waals surface area contributed by atoms with Gasteiger partial charge in [0, 0.05) is 38.3 Å². The van der Waals surface area contributed by atoms with E-state index >= 15 is 0 Å². The van der Waals surface area contributed by atoms with Crippen molar-refractivity contribution in [3.05, 3.63) is 18.0 Å². The van der Waals surface area contributed by atoms with Crippen molar-refractivity contribution in [1.82, 2.24) is 9.78 Å². The zero-order valence-electron chi connectivity index (χ0n) is 8.90. The van der Waals surface area contributed by atoms with Gasteiger partial charge in [0.05, 0.1) is 5.84 Å². The second kappa shape index (κ2) is 5.42. The fourth-order valence-corrected chi connectivity index (χ4v) is 1.30. The van der Waals surface area contributed by atoms with Crippen LogP contribution in [-0.4, -0.2) is 22.2 Å². The van der Waals surface area contributed by atoms with Gasteiger partial charge in [-0.2, -0.15) is 5.10 Å². The van der Waals surface area contributed by atoms with E-state index in [1.807, 2.05) is 17.8 Å². The van der Waals surface area contributed by atoms with Crippen LogP contribution < -0.4 is 5.73 Å². The Morgan fingerprint density at radius 2 is 2.43 bits per heavy atom. The van der Waals surface area contributed by atoms with Gasteiger partial charge in [0.25, 0.3) is 0 Å². The molecule has 14 heavy (non-hydrogen) atoms. The Morgan fingerprint density at radius 1 is 1.64 bits per heavy atom. The fraction of sp³-hybridized carbons (Fsp3) is 0.600. The Morgan fingerprint density at radius 3 is 3.00 bits per heavy atom. The summed E-state index contributed by atoms with van der Waals surface area (Å²) >= 11 is 0.